The number of rotatable bonds is 0. The van der Waals surface area contributed by atoms with Crippen LogP contribution in [0, 0.1) is 0 Å². The fourth-order valence-electron chi connectivity index (χ4n) is 0. The zero-order valence-electron chi connectivity index (χ0n) is 4.04. The molecule has 0 aromatic rings. The second-order valence-corrected chi connectivity index (χ2v) is 2.12. The summed E-state index contributed by atoms with van der Waals surface area (Å²) in [5.74, 6) is 0. The minimum absolute atomic E-state index is 0. The summed E-state index contributed by atoms with van der Waals surface area (Å²) in [6.07, 6.45) is 0. The van der Waals surface area contributed by atoms with Crippen LogP contribution < -0.4 is 89.3 Å². The van der Waals surface area contributed by atoms with Gasteiger partial charge in [-0.2, -0.15) is 0 Å². The Morgan fingerprint density at radius 1 is 1.14 bits per heavy atom. The maximum absolute atomic E-state index is 8.59. The molecule has 0 atom stereocenters. The van der Waals surface area contributed by atoms with Crippen LogP contribution >= 0.6 is 0 Å². The topological polar surface area (TPSA) is 80.3 Å². The first kappa shape index (κ1) is 16.3. The molecule has 0 bridgehead atoms. The molecule has 0 fully saturated rings. The predicted octanol–water partition coefficient (Wildman–Crippen LogP) is -8.99. The Balaban J connectivity index is -0.0000000800. The summed E-state index contributed by atoms with van der Waals surface area (Å²) < 4.78 is 34.4. The van der Waals surface area contributed by atoms with Crippen molar-refractivity contribution in [1.82, 2.24) is 0 Å². The zero-order valence-corrected chi connectivity index (χ0v) is 10.9. The van der Waals surface area contributed by atoms with Crippen LogP contribution in [0.25, 0.3) is 0 Å². The molecule has 0 radical (unpaired) electrons. The molecule has 32 valence electrons. The maximum Gasteiger partial charge on any atom is 1.00 e. The first-order chi connectivity index (χ1) is 2.00. The van der Waals surface area contributed by atoms with Crippen molar-refractivity contribution in [2.75, 3.05) is 0 Å². The van der Waals surface area contributed by atoms with E-state index < -0.39 is 13.4 Å². The number of hydrogen-bond acceptors (Lipinski definition) is 4. The molecular weight excluding hydrogens is 205 g/mol. The van der Waals surface area contributed by atoms with Crippen LogP contribution in [0.3, 0.4) is 0 Å². The van der Waals surface area contributed by atoms with Gasteiger partial charge in [0.1, 0.15) is 0 Å². The number of hydrogen-bond donors (Lipinski definition) is 0. The quantitative estimate of drug-likeness (QED) is 0.368. The van der Waals surface area contributed by atoms with Gasteiger partial charge in [-0.1, -0.05) is 0 Å². The van der Waals surface area contributed by atoms with Crippen molar-refractivity contribution < 1.29 is 97.0 Å². The van der Waals surface area contributed by atoms with E-state index in [1.165, 1.54) is 0 Å². The molecule has 0 saturated heterocycles. The average Bonchev–Trinajstić information content (AvgIpc) is 0.722. The van der Waals surface area contributed by atoms with Gasteiger partial charge < -0.3 is 0 Å². The van der Waals surface area contributed by atoms with E-state index in [2.05, 4.69) is 0 Å². The van der Waals surface area contributed by atoms with Gasteiger partial charge in [-0.25, -0.2) is 0 Å². The van der Waals surface area contributed by atoms with Crippen molar-refractivity contribution in [1.29, 1.82) is 0 Å². The van der Waals surface area contributed by atoms with E-state index in [1.807, 2.05) is 0 Å². The van der Waals surface area contributed by atoms with Gasteiger partial charge in [0.25, 0.3) is 0 Å². The van der Waals surface area contributed by atoms with E-state index in [-0.39, 0.29) is 80.9 Å². The molecule has 0 aliphatic rings. The van der Waals surface area contributed by atoms with E-state index >= 15 is 0 Å². The smallest absolute Gasteiger partial charge is 1.00 e. The summed E-state index contributed by atoms with van der Waals surface area (Å²) in [7, 11) is 0. The van der Waals surface area contributed by atoms with Crippen LogP contribution in [-0.4, -0.2) is 13.4 Å². The molecule has 0 spiro atoms. The minimum atomic E-state index is -5.75. The Labute approximate surface area is 108 Å². The first-order valence-electron chi connectivity index (χ1n) is 0.667. The van der Waals surface area contributed by atoms with Gasteiger partial charge in [0.05, 0.1) is 0 Å². The zero-order chi connectivity index (χ0) is 4.50. The van der Waals surface area contributed by atoms with Crippen molar-refractivity contribution in [2.45, 2.75) is 0 Å². The van der Waals surface area contributed by atoms with Crippen molar-refractivity contribution >= 4 is 13.4 Å². The maximum atomic E-state index is 8.59. The Morgan fingerprint density at radius 3 is 1.14 bits per heavy atom. The molecule has 0 heterocycles. The fraction of sp³-hybridized carbons (Fsp3) is 0. The van der Waals surface area contributed by atoms with Gasteiger partial charge in [0.15, 0.2) is 0 Å². The van der Waals surface area contributed by atoms with E-state index in [1.54, 1.807) is 0 Å². The second kappa shape index (κ2) is 6.79. The molecular formula is KNaO4Se. The van der Waals surface area contributed by atoms with E-state index in [0.717, 1.165) is 0 Å². The van der Waals surface area contributed by atoms with E-state index in [0.29, 0.717) is 0 Å². The second-order valence-electron chi connectivity index (χ2n) is 0.408. The molecule has 0 aliphatic heterocycles. The van der Waals surface area contributed by atoms with Gasteiger partial charge in [0, 0.05) is 0 Å². The summed E-state index contributed by atoms with van der Waals surface area (Å²) in [6, 6.07) is 0. The Kier molecular flexibility index (Phi) is 15.9. The average molecular weight is 205 g/mol. The standard InChI is InChI=1S/K.Na.H2O4Se/c;;1-5(2,3)4/h;;(H2,1,2,3,4)/q2*+1;/p-2. The fourth-order valence-corrected chi connectivity index (χ4v) is 0. The van der Waals surface area contributed by atoms with Gasteiger partial charge in [0.2, 0.25) is 0 Å². The van der Waals surface area contributed by atoms with Crippen molar-refractivity contribution in [3.8, 4) is 0 Å². The molecule has 0 aromatic heterocycles. The van der Waals surface area contributed by atoms with Crippen LogP contribution in [0.2, 0.25) is 0 Å². The minimum Gasteiger partial charge on any atom is 1.00 e. The summed E-state index contributed by atoms with van der Waals surface area (Å²) in [5, 5.41) is 0. The Hall–Kier alpha value is 2.68. The van der Waals surface area contributed by atoms with Gasteiger partial charge >= 0.3 is 110 Å². The molecule has 0 saturated carbocycles. The summed E-state index contributed by atoms with van der Waals surface area (Å²) in [5.41, 5.74) is 0. The van der Waals surface area contributed by atoms with Crippen LogP contribution in [0.4, 0.5) is 0 Å². The van der Waals surface area contributed by atoms with E-state index in [9.17, 15) is 0 Å². The SMILES string of the molecule is O=[Se](=O)([O-])[O-].[K+].[Na+]. The third-order valence-electron chi connectivity index (χ3n) is 0. The van der Waals surface area contributed by atoms with E-state index in [4.69, 9.17) is 16.0 Å². The summed E-state index contributed by atoms with van der Waals surface area (Å²) in [6.45, 7) is 0. The van der Waals surface area contributed by atoms with Crippen molar-refractivity contribution in [3.63, 3.8) is 0 Å². The third-order valence-corrected chi connectivity index (χ3v) is 0. The van der Waals surface area contributed by atoms with Crippen LogP contribution in [0.5, 0.6) is 0 Å². The van der Waals surface area contributed by atoms with Crippen molar-refractivity contribution in [2.24, 2.45) is 0 Å². The van der Waals surface area contributed by atoms with Crippen molar-refractivity contribution in [3.05, 3.63) is 0 Å². The molecule has 0 aromatic carbocycles. The first-order valence-corrected chi connectivity index (χ1v) is 3.46. The molecule has 0 rings (SSSR count). The van der Waals surface area contributed by atoms with Crippen LogP contribution in [0.1, 0.15) is 0 Å². The molecule has 0 amide bonds. The predicted molar refractivity (Wildman–Crippen MR) is 7.13 cm³/mol. The summed E-state index contributed by atoms with van der Waals surface area (Å²) in [4.78, 5) is 0. The Bertz CT molecular complexity index is 94.9. The normalized spacial score (nSPS) is 8.29. The van der Waals surface area contributed by atoms with Gasteiger partial charge in [-0.3, -0.25) is 0 Å². The van der Waals surface area contributed by atoms with Gasteiger partial charge in [-0.15, -0.1) is 0 Å². The molecule has 7 heavy (non-hydrogen) atoms. The monoisotopic (exact) mass is 206 g/mol. The Morgan fingerprint density at radius 2 is 1.14 bits per heavy atom. The van der Waals surface area contributed by atoms with Crippen LogP contribution in [0.15, 0.2) is 0 Å². The molecule has 0 unspecified atom stereocenters. The molecule has 0 N–H and O–H groups in total. The molecule has 0 aliphatic carbocycles. The molecule has 4 nitrogen and oxygen atoms in total. The summed E-state index contributed by atoms with van der Waals surface area (Å²) >= 11 is -5.75. The van der Waals surface area contributed by atoms with Gasteiger partial charge in [-0.05, 0) is 0 Å². The third kappa shape index (κ3) is 54.0. The largest absolute Gasteiger partial charge is 1.00 e. The molecule has 7 heteroatoms. The van der Waals surface area contributed by atoms with Crippen LogP contribution in [-0.2, 0) is 7.67 Å².